The van der Waals surface area contributed by atoms with Gasteiger partial charge in [0.15, 0.2) is 0 Å². The Kier molecular flexibility index (Phi) is 5.57. The van der Waals surface area contributed by atoms with Gasteiger partial charge in [0.1, 0.15) is 11.0 Å². The molecule has 5 nitrogen and oxygen atoms in total. The van der Waals surface area contributed by atoms with E-state index in [9.17, 15) is 4.79 Å². The van der Waals surface area contributed by atoms with Crippen LogP contribution in [-0.4, -0.2) is 36.7 Å². The van der Waals surface area contributed by atoms with Gasteiger partial charge in [0.25, 0.3) is 5.91 Å². The number of pyridine rings is 1. The van der Waals surface area contributed by atoms with Gasteiger partial charge in [-0.3, -0.25) is 4.79 Å². The van der Waals surface area contributed by atoms with E-state index in [-0.39, 0.29) is 11.1 Å². The number of carbonyl (C=O) groups is 1. The van der Waals surface area contributed by atoms with E-state index in [2.05, 4.69) is 15.6 Å². The second kappa shape index (κ2) is 6.73. The van der Waals surface area contributed by atoms with E-state index in [1.54, 1.807) is 13.1 Å². The van der Waals surface area contributed by atoms with Gasteiger partial charge in [-0.15, -0.1) is 0 Å². The highest BCUT2D eigenvalue weighted by molar-refractivity contribution is 6.29. The number of carbonyl (C=O) groups excluding carboxylic acids is 1. The quantitative estimate of drug-likeness (QED) is 0.788. The smallest absolute Gasteiger partial charge is 0.251 e. The molecule has 0 unspecified atom stereocenters. The number of ether oxygens (including phenoxy) is 1. The Morgan fingerprint density at radius 2 is 2.16 bits per heavy atom. The molecular formula is C13H20ClN3O2. The third-order valence-corrected chi connectivity index (χ3v) is 2.72. The number of nitrogens with zero attached hydrogens (tertiary/aromatic N) is 1. The highest BCUT2D eigenvalue weighted by atomic mass is 35.5. The average Bonchev–Trinajstić information content (AvgIpc) is 2.35. The molecule has 0 atom stereocenters. The van der Waals surface area contributed by atoms with E-state index in [1.165, 1.54) is 6.07 Å². The van der Waals surface area contributed by atoms with Crippen molar-refractivity contribution in [2.45, 2.75) is 26.4 Å². The van der Waals surface area contributed by atoms with Crippen LogP contribution in [0.25, 0.3) is 0 Å². The fraction of sp³-hybridized carbons (Fsp3) is 0.538. The van der Waals surface area contributed by atoms with Crippen LogP contribution >= 0.6 is 11.6 Å². The normalized spacial score (nSPS) is 11.2. The van der Waals surface area contributed by atoms with Crippen LogP contribution in [0.5, 0.6) is 0 Å². The number of amides is 1. The molecule has 0 aliphatic carbocycles. The molecule has 0 fully saturated rings. The molecule has 106 valence electrons. The molecule has 0 saturated heterocycles. The van der Waals surface area contributed by atoms with Crippen molar-refractivity contribution in [3.8, 4) is 0 Å². The predicted molar refractivity (Wildman–Crippen MR) is 76.8 cm³/mol. The van der Waals surface area contributed by atoms with E-state index in [0.29, 0.717) is 24.5 Å². The molecule has 0 aromatic carbocycles. The summed E-state index contributed by atoms with van der Waals surface area (Å²) in [6.07, 6.45) is 0. The molecule has 1 aromatic heterocycles. The summed E-state index contributed by atoms with van der Waals surface area (Å²) in [7, 11) is 1.72. The fourth-order valence-corrected chi connectivity index (χ4v) is 1.80. The molecule has 1 amide bonds. The first kappa shape index (κ1) is 15.7. The molecule has 0 spiro atoms. The van der Waals surface area contributed by atoms with Gasteiger partial charge in [0.05, 0.1) is 5.60 Å². The van der Waals surface area contributed by atoms with Crippen LogP contribution in [0, 0.1) is 0 Å². The predicted octanol–water partition coefficient (Wildman–Crippen LogP) is 2.32. The number of hydrogen-bond donors (Lipinski definition) is 2. The lowest BCUT2D eigenvalue weighted by atomic mass is 10.1. The summed E-state index contributed by atoms with van der Waals surface area (Å²) in [5.41, 5.74) is 0.0734. The van der Waals surface area contributed by atoms with Crippen LogP contribution < -0.4 is 10.6 Å². The maximum absolute atomic E-state index is 12.0. The molecular weight excluding hydrogens is 266 g/mol. The van der Waals surface area contributed by atoms with Crippen molar-refractivity contribution < 1.29 is 9.53 Å². The zero-order chi connectivity index (χ0) is 14.5. The standard InChI is InChI=1S/C13H20ClN3O2/c1-5-19-13(2,3)8-16-12(18)9-6-10(14)17-11(7-9)15-4/h6-7H,5,8H2,1-4H3,(H,15,17)(H,16,18). The number of rotatable bonds is 6. The second-order valence-corrected chi connectivity index (χ2v) is 5.08. The first-order chi connectivity index (χ1) is 8.88. The molecule has 0 aliphatic heterocycles. The van der Waals surface area contributed by atoms with Crippen LogP contribution in [0.2, 0.25) is 5.15 Å². The summed E-state index contributed by atoms with van der Waals surface area (Å²) in [4.78, 5) is 16.1. The number of hydrogen-bond acceptors (Lipinski definition) is 4. The van der Waals surface area contributed by atoms with Crippen molar-refractivity contribution >= 4 is 23.3 Å². The first-order valence-corrected chi connectivity index (χ1v) is 6.53. The Hall–Kier alpha value is -1.33. The number of aromatic nitrogens is 1. The van der Waals surface area contributed by atoms with E-state index in [1.807, 2.05) is 20.8 Å². The van der Waals surface area contributed by atoms with Gasteiger partial charge >= 0.3 is 0 Å². The van der Waals surface area contributed by atoms with Crippen molar-refractivity contribution in [1.29, 1.82) is 0 Å². The summed E-state index contributed by atoms with van der Waals surface area (Å²) in [5.74, 6) is 0.357. The first-order valence-electron chi connectivity index (χ1n) is 6.15. The minimum atomic E-state index is -0.396. The summed E-state index contributed by atoms with van der Waals surface area (Å²) in [6, 6.07) is 3.18. The lowest BCUT2D eigenvalue weighted by molar-refractivity contribution is -0.00815. The van der Waals surface area contributed by atoms with Gasteiger partial charge in [-0.1, -0.05) is 11.6 Å². The summed E-state index contributed by atoms with van der Waals surface area (Å²) in [5, 5.41) is 5.96. The third-order valence-electron chi connectivity index (χ3n) is 2.52. The van der Waals surface area contributed by atoms with Crippen LogP contribution in [0.4, 0.5) is 5.82 Å². The van der Waals surface area contributed by atoms with Crippen molar-refractivity contribution in [2.75, 3.05) is 25.5 Å². The molecule has 1 rings (SSSR count). The van der Waals surface area contributed by atoms with Crippen molar-refractivity contribution in [2.24, 2.45) is 0 Å². The van der Waals surface area contributed by atoms with Gasteiger partial charge in [-0.25, -0.2) is 4.98 Å². The Labute approximate surface area is 118 Å². The Morgan fingerprint density at radius 3 is 2.74 bits per heavy atom. The van der Waals surface area contributed by atoms with E-state index >= 15 is 0 Å². The molecule has 0 radical (unpaired) electrons. The molecule has 19 heavy (non-hydrogen) atoms. The van der Waals surface area contributed by atoms with Gasteiger partial charge in [0, 0.05) is 25.8 Å². The highest BCUT2D eigenvalue weighted by Gasteiger charge is 2.19. The lowest BCUT2D eigenvalue weighted by Gasteiger charge is -2.24. The minimum absolute atomic E-state index is 0.200. The summed E-state index contributed by atoms with van der Waals surface area (Å²) < 4.78 is 5.52. The van der Waals surface area contributed by atoms with Crippen molar-refractivity contribution in [3.05, 3.63) is 22.8 Å². The van der Waals surface area contributed by atoms with E-state index in [0.717, 1.165) is 0 Å². The molecule has 6 heteroatoms. The zero-order valence-corrected chi connectivity index (χ0v) is 12.5. The minimum Gasteiger partial charge on any atom is -0.374 e. The average molecular weight is 286 g/mol. The SMILES string of the molecule is CCOC(C)(C)CNC(=O)c1cc(Cl)nc(NC)c1. The monoisotopic (exact) mass is 285 g/mol. The number of anilines is 1. The molecule has 0 bridgehead atoms. The maximum atomic E-state index is 12.0. The fourth-order valence-electron chi connectivity index (χ4n) is 1.59. The Morgan fingerprint density at radius 1 is 1.47 bits per heavy atom. The number of nitrogens with one attached hydrogen (secondary N) is 2. The van der Waals surface area contributed by atoms with Gasteiger partial charge in [-0.05, 0) is 32.9 Å². The lowest BCUT2D eigenvalue weighted by Crippen LogP contribution is -2.40. The molecule has 1 aromatic rings. The Balaban J connectivity index is 2.71. The third kappa shape index (κ3) is 5.04. The van der Waals surface area contributed by atoms with E-state index < -0.39 is 5.60 Å². The topological polar surface area (TPSA) is 63.2 Å². The molecule has 0 saturated carbocycles. The van der Waals surface area contributed by atoms with Crippen LogP contribution in [0.1, 0.15) is 31.1 Å². The molecule has 1 heterocycles. The number of halogens is 1. The van der Waals surface area contributed by atoms with E-state index in [4.69, 9.17) is 16.3 Å². The van der Waals surface area contributed by atoms with Crippen LogP contribution in [-0.2, 0) is 4.74 Å². The van der Waals surface area contributed by atoms with Crippen molar-refractivity contribution in [1.82, 2.24) is 10.3 Å². The van der Waals surface area contributed by atoms with Gasteiger partial charge < -0.3 is 15.4 Å². The zero-order valence-electron chi connectivity index (χ0n) is 11.7. The van der Waals surface area contributed by atoms with Crippen LogP contribution in [0.15, 0.2) is 12.1 Å². The second-order valence-electron chi connectivity index (χ2n) is 4.69. The maximum Gasteiger partial charge on any atom is 0.251 e. The van der Waals surface area contributed by atoms with Gasteiger partial charge in [-0.2, -0.15) is 0 Å². The largest absolute Gasteiger partial charge is 0.374 e. The summed E-state index contributed by atoms with van der Waals surface area (Å²) in [6.45, 7) is 6.80. The van der Waals surface area contributed by atoms with Gasteiger partial charge in [0.2, 0.25) is 0 Å². The molecule has 0 aliphatic rings. The highest BCUT2D eigenvalue weighted by Crippen LogP contribution is 2.14. The molecule has 2 N–H and O–H groups in total. The summed E-state index contributed by atoms with van der Waals surface area (Å²) >= 11 is 5.86. The van der Waals surface area contributed by atoms with Crippen molar-refractivity contribution in [3.63, 3.8) is 0 Å². The Bertz CT molecular complexity index is 450. The van der Waals surface area contributed by atoms with Crippen LogP contribution in [0.3, 0.4) is 0 Å².